The van der Waals surface area contributed by atoms with Gasteiger partial charge in [0.25, 0.3) is 0 Å². The molecule has 0 aromatic heterocycles. The van der Waals surface area contributed by atoms with Crippen LogP contribution in [0.15, 0.2) is 0 Å². The van der Waals surface area contributed by atoms with Crippen LogP contribution in [0.25, 0.3) is 0 Å². The molecular formula is C13H26N4. The standard InChI is InChI=1S/C13H26N4/c1-10(7-13(14)15)17-9-12-5-3-4-6-16(12)8-11(17)2/h10-12H,3-9H2,1-2H3,(H3,14,15). The summed E-state index contributed by atoms with van der Waals surface area (Å²) in [6, 6.07) is 1.75. The van der Waals surface area contributed by atoms with Crippen LogP contribution in [0.3, 0.4) is 0 Å². The van der Waals surface area contributed by atoms with E-state index in [-0.39, 0.29) is 0 Å². The highest BCUT2D eigenvalue weighted by Crippen LogP contribution is 2.25. The van der Waals surface area contributed by atoms with Gasteiger partial charge in [-0.25, -0.2) is 0 Å². The van der Waals surface area contributed by atoms with Crippen molar-refractivity contribution < 1.29 is 0 Å². The smallest absolute Gasteiger partial charge is 0.0920 e. The Hall–Kier alpha value is -0.610. The summed E-state index contributed by atoms with van der Waals surface area (Å²) in [5, 5.41) is 7.43. The van der Waals surface area contributed by atoms with Gasteiger partial charge in [0, 0.05) is 37.6 Å². The Labute approximate surface area is 105 Å². The molecule has 2 rings (SSSR count). The molecule has 3 unspecified atom stereocenters. The Balaban J connectivity index is 1.96. The van der Waals surface area contributed by atoms with Crippen molar-refractivity contribution in [1.29, 1.82) is 5.41 Å². The summed E-state index contributed by atoms with van der Waals surface area (Å²) in [5.41, 5.74) is 5.52. The highest BCUT2D eigenvalue weighted by Gasteiger charge is 2.34. The number of nitrogens with two attached hydrogens (primary N) is 1. The minimum Gasteiger partial charge on any atom is -0.388 e. The number of rotatable bonds is 3. The van der Waals surface area contributed by atoms with E-state index in [4.69, 9.17) is 11.1 Å². The lowest BCUT2D eigenvalue weighted by Gasteiger charge is -2.49. The summed E-state index contributed by atoms with van der Waals surface area (Å²) < 4.78 is 0. The molecule has 0 spiro atoms. The molecule has 0 saturated carbocycles. The number of fused-ring (bicyclic) bond motifs is 1. The first-order valence-corrected chi connectivity index (χ1v) is 6.90. The SMILES string of the molecule is CC(CC(=N)N)N1CC2CCCCN2CC1C. The molecule has 0 aliphatic carbocycles. The number of piperazine rings is 1. The van der Waals surface area contributed by atoms with E-state index in [1.807, 2.05) is 0 Å². The molecule has 2 fully saturated rings. The van der Waals surface area contributed by atoms with Gasteiger partial charge in [-0.1, -0.05) is 6.42 Å². The van der Waals surface area contributed by atoms with E-state index in [0.717, 1.165) is 12.6 Å². The zero-order chi connectivity index (χ0) is 12.4. The lowest BCUT2D eigenvalue weighted by atomic mass is 9.95. The number of hydrogen-bond acceptors (Lipinski definition) is 3. The van der Waals surface area contributed by atoms with Crippen molar-refractivity contribution >= 4 is 5.84 Å². The van der Waals surface area contributed by atoms with Crippen molar-refractivity contribution in [3.05, 3.63) is 0 Å². The third-order valence-corrected chi connectivity index (χ3v) is 4.32. The average Bonchev–Trinajstić information content (AvgIpc) is 2.27. The Morgan fingerprint density at radius 2 is 2.18 bits per heavy atom. The van der Waals surface area contributed by atoms with Gasteiger partial charge in [0.1, 0.15) is 0 Å². The summed E-state index contributed by atoms with van der Waals surface area (Å²) >= 11 is 0. The van der Waals surface area contributed by atoms with E-state index in [2.05, 4.69) is 23.6 Å². The summed E-state index contributed by atoms with van der Waals surface area (Å²) in [6.45, 7) is 8.14. The monoisotopic (exact) mass is 238 g/mol. The van der Waals surface area contributed by atoms with Crippen molar-refractivity contribution in [3.63, 3.8) is 0 Å². The predicted molar refractivity (Wildman–Crippen MR) is 71.4 cm³/mol. The fraction of sp³-hybridized carbons (Fsp3) is 0.923. The molecule has 0 amide bonds. The van der Waals surface area contributed by atoms with E-state index < -0.39 is 0 Å². The molecule has 3 atom stereocenters. The van der Waals surface area contributed by atoms with Crippen molar-refractivity contribution in [3.8, 4) is 0 Å². The first-order chi connectivity index (χ1) is 8.08. The van der Waals surface area contributed by atoms with Crippen LogP contribution in [0.2, 0.25) is 0 Å². The average molecular weight is 238 g/mol. The van der Waals surface area contributed by atoms with Gasteiger partial charge in [-0.2, -0.15) is 0 Å². The normalized spacial score (nSPS) is 33.1. The third-order valence-electron chi connectivity index (χ3n) is 4.32. The van der Waals surface area contributed by atoms with Crippen molar-refractivity contribution in [2.45, 2.75) is 57.7 Å². The summed E-state index contributed by atoms with van der Waals surface area (Å²) in [5.74, 6) is 0.316. The number of piperidine rings is 1. The van der Waals surface area contributed by atoms with Gasteiger partial charge in [0.15, 0.2) is 0 Å². The Morgan fingerprint density at radius 1 is 1.41 bits per heavy atom. The molecule has 0 aromatic carbocycles. The van der Waals surface area contributed by atoms with Gasteiger partial charge in [-0.05, 0) is 33.2 Å². The van der Waals surface area contributed by atoms with Crippen LogP contribution in [-0.2, 0) is 0 Å². The van der Waals surface area contributed by atoms with Crippen molar-refractivity contribution in [2.75, 3.05) is 19.6 Å². The maximum absolute atomic E-state index is 7.43. The molecule has 98 valence electrons. The fourth-order valence-corrected chi connectivity index (χ4v) is 3.42. The molecule has 4 nitrogen and oxygen atoms in total. The minimum absolute atomic E-state index is 0.316. The molecule has 2 aliphatic rings. The van der Waals surface area contributed by atoms with E-state index in [9.17, 15) is 0 Å². The predicted octanol–water partition coefficient (Wildman–Crippen LogP) is 1.26. The number of nitrogens with zero attached hydrogens (tertiary/aromatic N) is 2. The van der Waals surface area contributed by atoms with Gasteiger partial charge in [-0.15, -0.1) is 0 Å². The molecule has 0 radical (unpaired) electrons. The second-order valence-corrected chi connectivity index (χ2v) is 5.77. The highest BCUT2D eigenvalue weighted by atomic mass is 15.3. The van der Waals surface area contributed by atoms with Crippen LogP contribution in [0.1, 0.15) is 39.5 Å². The lowest BCUT2D eigenvalue weighted by molar-refractivity contribution is -0.00257. The molecule has 2 saturated heterocycles. The van der Waals surface area contributed by atoms with E-state index in [1.54, 1.807) is 0 Å². The summed E-state index contributed by atoms with van der Waals surface area (Å²) in [7, 11) is 0. The number of hydrogen-bond donors (Lipinski definition) is 2. The second-order valence-electron chi connectivity index (χ2n) is 5.77. The molecular weight excluding hydrogens is 212 g/mol. The fourth-order valence-electron chi connectivity index (χ4n) is 3.42. The summed E-state index contributed by atoms with van der Waals surface area (Å²) in [4.78, 5) is 5.21. The van der Waals surface area contributed by atoms with Crippen LogP contribution in [-0.4, -0.2) is 53.4 Å². The molecule has 4 heteroatoms. The van der Waals surface area contributed by atoms with Crippen LogP contribution in [0.4, 0.5) is 0 Å². The van der Waals surface area contributed by atoms with E-state index >= 15 is 0 Å². The summed E-state index contributed by atoms with van der Waals surface area (Å²) in [6.07, 6.45) is 4.80. The molecule has 2 heterocycles. The molecule has 17 heavy (non-hydrogen) atoms. The first kappa shape index (κ1) is 12.8. The topological polar surface area (TPSA) is 56.4 Å². The second kappa shape index (κ2) is 5.36. The van der Waals surface area contributed by atoms with Gasteiger partial charge in [0.2, 0.25) is 0 Å². The van der Waals surface area contributed by atoms with Crippen molar-refractivity contribution in [2.24, 2.45) is 5.73 Å². The largest absolute Gasteiger partial charge is 0.388 e. The van der Waals surface area contributed by atoms with Gasteiger partial charge in [0.05, 0.1) is 5.84 Å². The van der Waals surface area contributed by atoms with E-state index in [0.29, 0.717) is 24.3 Å². The zero-order valence-electron chi connectivity index (χ0n) is 11.2. The third kappa shape index (κ3) is 2.99. The molecule has 2 aliphatic heterocycles. The van der Waals surface area contributed by atoms with Gasteiger partial charge >= 0.3 is 0 Å². The Bertz CT molecular complexity index is 279. The van der Waals surface area contributed by atoms with Crippen LogP contribution in [0, 0.1) is 5.41 Å². The number of nitrogens with one attached hydrogen (secondary N) is 1. The van der Waals surface area contributed by atoms with Crippen LogP contribution < -0.4 is 5.73 Å². The highest BCUT2D eigenvalue weighted by molar-refractivity contribution is 5.77. The van der Waals surface area contributed by atoms with E-state index in [1.165, 1.54) is 32.4 Å². The molecule has 3 N–H and O–H groups in total. The Kier molecular flexibility index (Phi) is 4.05. The lowest BCUT2D eigenvalue weighted by Crippen LogP contribution is -2.60. The molecule has 0 aromatic rings. The quantitative estimate of drug-likeness (QED) is 0.575. The number of amidine groups is 1. The van der Waals surface area contributed by atoms with Crippen LogP contribution >= 0.6 is 0 Å². The maximum atomic E-state index is 7.43. The first-order valence-electron chi connectivity index (χ1n) is 6.90. The van der Waals surface area contributed by atoms with Gasteiger partial charge in [-0.3, -0.25) is 15.2 Å². The van der Waals surface area contributed by atoms with Gasteiger partial charge < -0.3 is 5.73 Å². The Morgan fingerprint density at radius 3 is 2.88 bits per heavy atom. The molecule has 0 bridgehead atoms. The maximum Gasteiger partial charge on any atom is 0.0920 e. The van der Waals surface area contributed by atoms with Crippen molar-refractivity contribution in [1.82, 2.24) is 9.80 Å². The minimum atomic E-state index is 0.316. The van der Waals surface area contributed by atoms with Crippen LogP contribution in [0.5, 0.6) is 0 Å². The zero-order valence-corrected chi connectivity index (χ0v) is 11.2.